The molecule has 2 N–H and O–H groups in total. The average molecular weight is 363 g/mol. The second-order valence-corrected chi connectivity index (χ2v) is 6.46. The molecule has 0 aliphatic rings. The lowest BCUT2D eigenvalue weighted by molar-refractivity contribution is -0.111. The van der Waals surface area contributed by atoms with Gasteiger partial charge in [-0.1, -0.05) is 42.0 Å². The summed E-state index contributed by atoms with van der Waals surface area (Å²) in [6.07, 6.45) is 4.79. The maximum Gasteiger partial charge on any atom is 0.259 e. The number of carbonyl (C=O) groups excluding carboxylic acids is 2. The summed E-state index contributed by atoms with van der Waals surface area (Å²) in [6, 6.07) is 14.7. The van der Waals surface area contributed by atoms with Crippen LogP contribution in [0.25, 0.3) is 6.08 Å². The van der Waals surface area contributed by atoms with E-state index >= 15 is 0 Å². The highest BCUT2D eigenvalue weighted by Gasteiger charge is 2.13. The minimum Gasteiger partial charge on any atom is -0.322 e. The number of carbonyl (C=O) groups is 2. The number of para-hydroxylation sites is 1. The van der Waals surface area contributed by atoms with Crippen LogP contribution >= 0.6 is 11.3 Å². The van der Waals surface area contributed by atoms with Gasteiger partial charge in [0.15, 0.2) is 5.13 Å². The topological polar surface area (TPSA) is 71.1 Å². The third-order valence-electron chi connectivity index (χ3n) is 3.59. The van der Waals surface area contributed by atoms with Crippen LogP contribution in [-0.2, 0) is 4.79 Å². The minimum atomic E-state index is -0.321. The van der Waals surface area contributed by atoms with E-state index in [9.17, 15) is 9.59 Å². The van der Waals surface area contributed by atoms with Crippen molar-refractivity contribution >= 4 is 40.0 Å². The fraction of sp³-hybridized carbons (Fsp3) is 0.0500. The van der Waals surface area contributed by atoms with Crippen molar-refractivity contribution in [2.75, 3.05) is 10.6 Å². The number of benzene rings is 2. The molecule has 3 rings (SSSR count). The zero-order valence-electron chi connectivity index (χ0n) is 14.1. The highest BCUT2D eigenvalue weighted by atomic mass is 32.1. The first-order valence-corrected chi connectivity index (χ1v) is 8.85. The van der Waals surface area contributed by atoms with Gasteiger partial charge in [0.2, 0.25) is 5.91 Å². The second-order valence-electron chi connectivity index (χ2n) is 5.57. The van der Waals surface area contributed by atoms with E-state index in [1.807, 2.05) is 31.2 Å². The molecule has 0 saturated heterocycles. The molecular formula is C20H17N3O2S. The standard InChI is InChI=1S/C20H17N3O2S/c1-14-6-8-15(9-7-14)10-11-18(24)22-17-5-3-2-4-16(17)19(25)23-20-21-12-13-26-20/h2-13H,1H3,(H,22,24)(H,21,23,25)/b11-10+. The van der Waals surface area contributed by atoms with Crippen LogP contribution in [-0.4, -0.2) is 16.8 Å². The van der Waals surface area contributed by atoms with Crippen molar-refractivity contribution in [3.05, 3.63) is 82.9 Å². The van der Waals surface area contributed by atoms with Crippen LogP contribution in [0.4, 0.5) is 10.8 Å². The Morgan fingerprint density at radius 2 is 1.81 bits per heavy atom. The zero-order valence-corrected chi connectivity index (χ0v) is 14.9. The van der Waals surface area contributed by atoms with Gasteiger partial charge in [0.1, 0.15) is 0 Å². The lowest BCUT2D eigenvalue weighted by Gasteiger charge is -2.09. The van der Waals surface area contributed by atoms with Crippen molar-refractivity contribution in [3.63, 3.8) is 0 Å². The minimum absolute atomic E-state index is 0.305. The molecule has 1 heterocycles. The van der Waals surface area contributed by atoms with Gasteiger partial charge in [0, 0.05) is 17.7 Å². The van der Waals surface area contributed by atoms with Crippen LogP contribution in [0.1, 0.15) is 21.5 Å². The molecule has 0 spiro atoms. The van der Waals surface area contributed by atoms with Gasteiger partial charge in [-0.15, -0.1) is 11.3 Å². The summed E-state index contributed by atoms with van der Waals surface area (Å²) in [5.41, 5.74) is 2.91. The molecule has 0 aliphatic carbocycles. The number of nitrogens with zero attached hydrogens (tertiary/aromatic N) is 1. The fourth-order valence-electron chi connectivity index (χ4n) is 2.26. The van der Waals surface area contributed by atoms with Crippen LogP contribution in [0.5, 0.6) is 0 Å². The summed E-state index contributed by atoms with van der Waals surface area (Å²) in [4.78, 5) is 28.6. The molecule has 0 bridgehead atoms. The second kappa shape index (κ2) is 8.22. The molecule has 6 heteroatoms. The van der Waals surface area contributed by atoms with Gasteiger partial charge >= 0.3 is 0 Å². The number of nitrogens with one attached hydrogen (secondary N) is 2. The molecule has 0 unspecified atom stereocenters. The fourth-order valence-corrected chi connectivity index (χ4v) is 2.79. The number of rotatable bonds is 5. The SMILES string of the molecule is Cc1ccc(/C=C/C(=O)Nc2ccccc2C(=O)Nc2nccs2)cc1. The molecule has 5 nitrogen and oxygen atoms in total. The predicted octanol–water partition coefficient (Wildman–Crippen LogP) is 4.36. The van der Waals surface area contributed by atoms with E-state index in [0.29, 0.717) is 16.4 Å². The average Bonchev–Trinajstić information content (AvgIpc) is 3.14. The Bertz CT molecular complexity index is 932. The highest BCUT2D eigenvalue weighted by Crippen LogP contribution is 2.18. The van der Waals surface area contributed by atoms with Crippen LogP contribution < -0.4 is 10.6 Å². The summed E-state index contributed by atoms with van der Waals surface area (Å²) in [5, 5.41) is 7.75. The Kier molecular flexibility index (Phi) is 5.56. The molecule has 0 saturated carbocycles. The van der Waals surface area contributed by atoms with E-state index < -0.39 is 0 Å². The van der Waals surface area contributed by atoms with E-state index in [2.05, 4.69) is 15.6 Å². The Morgan fingerprint density at radius 3 is 2.54 bits per heavy atom. The molecular weight excluding hydrogens is 346 g/mol. The Labute approximate surface area is 155 Å². The number of aromatic nitrogens is 1. The van der Waals surface area contributed by atoms with Crippen molar-refractivity contribution in [2.45, 2.75) is 6.92 Å². The maximum atomic E-state index is 12.4. The van der Waals surface area contributed by atoms with E-state index in [0.717, 1.165) is 11.1 Å². The molecule has 0 fully saturated rings. The Balaban J connectivity index is 1.70. The molecule has 2 aromatic carbocycles. The molecule has 0 atom stereocenters. The monoisotopic (exact) mass is 363 g/mol. The smallest absolute Gasteiger partial charge is 0.259 e. The molecule has 0 aliphatic heterocycles. The highest BCUT2D eigenvalue weighted by molar-refractivity contribution is 7.13. The van der Waals surface area contributed by atoms with Gasteiger partial charge in [0.05, 0.1) is 11.3 Å². The van der Waals surface area contributed by atoms with E-state index in [1.54, 1.807) is 41.9 Å². The lowest BCUT2D eigenvalue weighted by atomic mass is 10.1. The van der Waals surface area contributed by atoms with Gasteiger partial charge in [-0.2, -0.15) is 0 Å². The van der Waals surface area contributed by atoms with Crippen molar-refractivity contribution < 1.29 is 9.59 Å². The van der Waals surface area contributed by atoms with Crippen LogP contribution in [0, 0.1) is 6.92 Å². The Hall–Kier alpha value is -3.25. The van der Waals surface area contributed by atoms with Crippen molar-refractivity contribution in [1.29, 1.82) is 0 Å². The normalized spacial score (nSPS) is 10.7. The molecule has 0 radical (unpaired) electrons. The van der Waals surface area contributed by atoms with E-state index in [-0.39, 0.29) is 11.8 Å². The van der Waals surface area contributed by atoms with Crippen molar-refractivity contribution in [3.8, 4) is 0 Å². The summed E-state index contributed by atoms with van der Waals surface area (Å²) in [7, 11) is 0. The molecule has 1 aromatic heterocycles. The first-order chi connectivity index (χ1) is 12.6. The largest absolute Gasteiger partial charge is 0.322 e. The number of hydrogen-bond acceptors (Lipinski definition) is 4. The van der Waals surface area contributed by atoms with Gasteiger partial charge in [-0.05, 0) is 30.7 Å². The van der Waals surface area contributed by atoms with Crippen LogP contribution in [0.2, 0.25) is 0 Å². The third-order valence-corrected chi connectivity index (χ3v) is 4.28. The predicted molar refractivity (Wildman–Crippen MR) is 105 cm³/mol. The van der Waals surface area contributed by atoms with E-state index in [1.165, 1.54) is 17.4 Å². The van der Waals surface area contributed by atoms with Crippen molar-refractivity contribution in [2.24, 2.45) is 0 Å². The molecule has 130 valence electrons. The summed E-state index contributed by atoms with van der Waals surface area (Å²) >= 11 is 1.33. The molecule has 2 amide bonds. The first-order valence-electron chi connectivity index (χ1n) is 7.97. The van der Waals surface area contributed by atoms with Crippen LogP contribution in [0.15, 0.2) is 66.2 Å². The number of amides is 2. The number of aryl methyl sites for hydroxylation is 1. The summed E-state index contributed by atoms with van der Waals surface area (Å²) in [5.74, 6) is -0.626. The lowest BCUT2D eigenvalue weighted by Crippen LogP contribution is -2.16. The first kappa shape index (κ1) is 17.6. The third kappa shape index (κ3) is 4.64. The Morgan fingerprint density at radius 1 is 1.04 bits per heavy atom. The van der Waals surface area contributed by atoms with Gasteiger partial charge < -0.3 is 5.32 Å². The van der Waals surface area contributed by atoms with Gasteiger partial charge in [-0.3, -0.25) is 14.9 Å². The van der Waals surface area contributed by atoms with Crippen LogP contribution in [0.3, 0.4) is 0 Å². The zero-order chi connectivity index (χ0) is 18.4. The van der Waals surface area contributed by atoms with Gasteiger partial charge in [0.25, 0.3) is 5.91 Å². The molecule has 3 aromatic rings. The van der Waals surface area contributed by atoms with Crippen molar-refractivity contribution in [1.82, 2.24) is 4.98 Å². The molecule has 26 heavy (non-hydrogen) atoms. The maximum absolute atomic E-state index is 12.4. The van der Waals surface area contributed by atoms with Gasteiger partial charge in [-0.25, -0.2) is 4.98 Å². The number of hydrogen-bond donors (Lipinski definition) is 2. The summed E-state index contributed by atoms with van der Waals surface area (Å²) in [6.45, 7) is 2.01. The number of anilines is 2. The summed E-state index contributed by atoms with van der Waals surface area (Å²) < 4.78 is 0. The number of thiazole rings is 1. The quantitative estimate of drug-likeness (QED) is 0.662. The van der Waals surface area contributed by atoms with E-state index in [4.69, 9.17) is 0 Å².